The highest BCUT2D eigenvalue weighted by molar-refractivity contribution is 5.78. The van der Waals surface area contributed by atoms with E-state index in [0.29, 0.717) is 19.1 Å². The number of ether oxygens (including phenoxy) is 1. The summed E-state index contributed by atoms with van der Waals surface area (Å²) in [5.41, 5.74) is 8.38. The van der Waals surface area contributed by atoms with Gasteiger partial charge in [0.25, 0.3) is 0 Å². The number of aliphatic imine (C=N–C) groups is 1. The predicted molar refractivity (Wildman–Crippen MR) is 92.9 cm³/mol. The Hall–Kier alpha value is -1.59. The molecule has 0 amide bonds. The van der Waals surface area contributed by atoms with Crippen molar-refractivity contribution >= 4 is 5.96 Å². The van der Waals surface area contributed by atoms with E-state index < -0.39 is 0 Å². The van der Waals surface area contributed by atoms with Crippen LogP contribution in [0.15, 0.2) is 29.3 Å². The summed E-state index contributed by atoms with van der Waals surface area (Å²) < 4.78 is 5.06. The third-order valence-electron chi connectivity index (χ3n) is 3.53. The Balaban J connectivity index is 2.58. The third kappa shape index (κ3) is 6.91. The molecule has 0 aliphatic carbocycles. The van der Waals surface area contributed by atoms with Crippen LogP contribution in [0.3, 0.4) is 0 Å². The van der Waals surface area contributed by atoms with E-state index in [4.69, 9.17) is 10.5 Å². The van der Waals surface area contributed by atoms with Gasteiger partial charge in [-0.15, -0.1) is 0 Å². The fraction of sp³-hybridized carbons (Fsp3) is 0.588. The van der Waals surface area contributed by atoms with E-state index in [9.17, 15) is 0 Å². The van der Waals surface area contributed by atoms with Crippen LogP contribution in [-0.4, -0.2) is 43.7 Å². The fourth-order valence-electron chi connectivity index (χ4n) is 2.30. The van der Waals surface area contributed by atoms with Crippen molar-refractivity contribution in [1.29, 1.82) is 0 Å². The maximum atomic E-state index is 5.89. The lowest BCUT2D eigenvalue weighted by Gasteiger charge is -2.18. The van der Waals surface area contributed by atoms with E-state index in [1.54, 1.807) is 7.11 Å². The van der Waals surface area contributed by atoms with Gasteiger partial charge in [-0.1, -0.05) is 38.1 Å². The van der Waals surface area contributed by atoms with E-state index in [1.165, 1.54) is 11.1 Å². The number of nitrogens with one attached hydrogen (secondary N) is 1. The standard InChI is InChI=1S/C17H30N4O/c1-5-21(6-2)12-16-9-7-8-15(10-16)11-19-17(18)20-14(3)13-22-4/h7-10,14H,5-6,11-13H2,1-4H3,(H3,18,19,20). The smallest absolute Gasteiger partial charge is 0.189 e. The lowest BCUT2D eigenvalue weighted by atomic mass is 10.1. The quantitative estimate of drug-likeness (QED) is 0.541. The topological polar surface area (TPSA) is 62.9 Å². The average Bonchev–Trinajstić information content (AvgIpc) is 2.51. The molecule has 0 saturated heterocycles. The molecule has 1 rings (SSSR count). The second-order valence-corrected chi connectivity index (χ2v) is 5.48. The van der Waals surface area contributed by atoms with Gasteiger partial charge in [-0.05, 0) is 31.1 Å². The first-order valence-corrected chi connectivity index (χ1v) is 7.94. The summed E-state index contributed by atoms with van der Waals surface area (Å²) in [5.74, 6) is 0.457. The highest BCUT2D eigenvalue weighted by Gasteiger charge is 2.03. The maximum absolute atomic E-state index is 5.89. The molecule has 1 aromatic carbocycles. The van der Waals surface area contributed by atoms with Gasteiger partial charge in [0.2, 0.25) is 0 Å². The Bertz CT molecular complexity index is 458. The van der Waals surface area contributed by atoms with Gasteiger partial charge < -0.3 is 15.8 Å². The molecule has 0 bridgehead atoms. The first-order valence-electron chi connectivity index (χ1n) is 7.94. The van der Waals surface area contributed by atoms with Gasteiger partial charge in [0.15, 0.2) is 5.96 Å². The number of nitrogens with zero attached hydrogens (tertiary/aromatic N) is 2. The number of hydrogen-bond acceptors (Lipinski definition) is 3. The summed E-state index contributed by atoms with van der Waals surface area (Å²) in [6.07, 6.45) is 0. The van der Waals surface area contributed by atoms with Crippen LogP contribution in [0.25, 0.3) is 0 Å². The first kappa shape index (κ1) is 18.5. The van der Waals surface area contributed by atoms with Crippen LogP contribution in [0.4, 0.5) is 0 Å². The van der Waals surface area contributed by atoms with Gasteiger partial charge in [0.1, 0.15) is 0 Å². The zero-order chi connectivity index (χ0) is 16.4. The Kier molecular flexibility index (Phi) is 8.55. The van der Waals surface area contributed by atoms with Crippen molar-refractivity contribution in [3.8, 4) is 0 Å². The lowest BCUT2D eigenvalue weighted by Crippen LogP contribution is -2.40. The molecule has 0 aromatic heterocycles. The van der Waals surface area contributed by atoms with Crippen molar-refractivity contribution in [2.45, 2.75) is 39.9 Å². The van der Waals surface area contributed by atoms with Gasteiger partial charge in [0, 0.05) is 19.7 Å². The van der Waals surface area contributed by atoms with Gasteiger partial charge in [-0.3, -0.25) is 4.90 Å². The number of hydrogen-bond donors (Lipinski definition) is 2. The SMILES string of the molecule is CCN(CC)Cc1cccc(CN=C(N)NC(C)COC)c1. The largest absolute Gasteiger partial charge is 0.383 e. The third-order valence-corrected chi connectivity index (χ3v) is 3.53. The average molecular weight is 306 g/mol. The summed E-state index contributed by atoms with van der Waals surface area (Å²) in [7, 11) is 1.67. The van der Waals surface area contributed by atoms with Gasteiger partial charge in [0.05, 0.1) is 13.2 Å². The van der Waals surface area contributed by atoms with Crippen molar-refractivity contribution in [3.05, 3.63) is 35.4 Å². The molecule has 0 aliphatic rings. The maximum Gasteiger partial charge on any atom is 0.189 e. The molecule has 1 aromatic rings. The zero-order valence-corrected chi connectivity index (χ0v) is 14.3. The van der Waals surface area contributed by atoms with Crippen molar-refractivity contribution in [3.63, 3.8) is 0 Å². The lowest BCUT2D eigenvalue weighted by molar-refractivity contribution is 0.179. The molecular weight excluding hydrogens is 276 g/mol. The highest BCUT2D eigenvalue weighted by Crippen LogP contribution is 2.09. The molecule has 0 spiro atoms. The minimum absolute atomic E-state index is 0.155. The second-order valence-electron chi connectivity index (χ2n) is 5.48. The number of nitrogens with two attached hydrogens (primary N) is 1. The summed E-state index contributed by atoms with van der Waals surface area (Å²) in [4.78, 5) is 6.78. The molecule has 0 aliphatic heterocycles. The van der Waals surface area contributed by atoms with Crippen LogP contribution >= 0.6 is 0 Å². The zero-order valence-electron chi connectivity index (χ0n) is 14.3. The van der Waals surface area contributed by atoms with Crippen LogP contribution in [0.1, 0.15) is 31.9 Å². The molecule has 0 radical (unpaired) electrons. The Morgan fingerprint density at radius 2 is 2.00 bits per heavy atom. The highest BCUT2D eigenvalue weighted by atomic mass is 16.5. The molecule has 124 valence electrons. The van der Waals surface area contributed by atoms with Gasteiger partial charge >= 0.3 is 0 Å². The Labute approximate surface area is 134 Å². The van der Waals surface area contributed by atoms with Crippen LogP contribution in [0.2, 0.25) is 0 Å². The van der Waals surface area contributed by atoms with Gasteiger partial charge in [-0.25, -0.2) is 4.99 Å². The molecule has 5 nitrogen and oxygen atoms in total. The summed E-state index contributed by atoms with van der Waals surface area (Å²) >= 11 is 0. The van der Waals surface area contributed by atoms with Crippen molar-refractivity contribution < 1.29 is 4.74 Å². The molecule has 0 heterocycles. The van der Waals surface area contributed by atoms with E-state index in [2.05, 4.69) is 53.3 Å². The van der Waals surface area contributed by atoms with Crippen molar-refractivity contribution in [2.75, 3.05) is 26.8 Å². The van der Waals surface area contributed by atoms with Crippen molar-refractivity contribution in [2.24, 2.45) is 10.7 Å². The Morgan fingerprint density at radius 1 is 1.32 bits per heavy atom. The summed E-state index contributed by atoms with van der Waals surface area (Å²) in [5, 5.41) is 3.11. The molecule has 5 heteroatoms. The second kappa shape index (κ2) is 10.2. The van der Waals surface area contributed by atoms with E-state index >= 15 is 0 Å². The predicted octanol–water partition coefficient (Wildman–Crippen LogP) is 1.97. The molecule has 22 heavy (non-hydrogen) atoms. The molecule has 0 saturated carbocycles. The van der Waals surface area contributed by atoms with Crippen LogP contribution < -0.4 is 11.1 Å². The molecule has 0 fully saturated rings. The number of rotatable bonds is 9. The van der Waals surface area contributed by atoms with Crippen molar-refractivity contribution in [1.82, 2.24) is 10.2 Å². The minimum Gasteiger partial charge on any atom is -0.383 e. The van der Waals surface area contributed by atoms with Crippen LogP contribution in [0, 0.1) is 0 Å². The van der Waals surface area contributed by atoms with E-state index in [0.717, 1.165) is 19.6 Å². The van der Waals surface area contributed by atoms with Crippen LogP contribution in [-0.2, 0) is 17.8 Å². The molecule has 1 atom stereocenters. The van der Waals surface area contributed by atoms with E-state index in [-0.39, 0.29) is 6.04 Å². The van der Waals surface area contributed by atoms with E-state index in [1.807, 2.05) is 6.92 Å². The summed E-state index contributed by atoms with van der Waals surface area (Å²) in [6.45, 7) is 10.7. The molecule has 3 N–H and O–H groups in total. The number of guanidine groups is 1. The minimum atomic E-state index is 0.155. The number of methoxy groups -OCH3 is 1. The van der Waals surface area contributed by atoms with Gasteiger partial charge in [-0.2, -0.15) is 0 Å². The van der Waals surface area contributed by atoms with Crippen LogP contribution in [0.5, 0.6) is 0 Å². The summed E-state index contributed by atoms with van der Waals surface area (Å²) in [6, 6.07) is 8.69. The molecular formula is C17H30N4O. The Morgan fingerprint density at radius 3 is 2.64 bits per heavy atom. The normalized spacial score (nSPS) is 13.4. The fourth-order valence-corrected chi connectivity index (χ4v) is 2.30. The number of benzene rings is 1. The monoisotopic (exact) mass is 306 g/mol. The molecule has 1 unspecified atom stereocenters. The first-order chi connectivity index (χ1) is 10.6.